The van der Waals surface area contributed by atoms with Crippen LogP contribution < -0.4 is 4.31 Å². The predicted octanol–water partition coefficient (Wildman–Crippen LogP) is 6.35. The molecule has 1 heterocycles. The molecule has 1 spiro atoms. The zero-order chi connectivity index (χ0) is 18.0. The monoisotopic (exact) mass is 363 g/mol. The van der Waals surface area contributed by atoms with Crippen LogP contribution in [0.4, 0.5) is 11.4 Å². The van der Waals surface area contributed by atoms with Gasteiger partial charge in [-0.05, 0) is 45.5 Å². The fourth-order valence-corrected chi connectivity index (χ4v) is 5.39. The number of para-hydroxylation sites is 2. The summed E-state index contributed by atoms with van der Waals surface area (Å²) in [4.78, 5) is 0. The highest BCUT2D eigenvalue weighted by atomic mass is 32.1. The highest BCUT2D eigenvalue weighted by Crippen LogP contribution is 2.62. The van der Waals surface area contributed by atoms with Crippen LogP contribution in [0.5, 0.6) is 0 Å². The van der Waals surface area contributed by atoms with Gasteiger partial charge in [0.05, 0.1) is 16.8 Å². The van der Waals surface area contributed by atoms with E-state index >= 15 is 0 Å². The molecule has 0 radical (unpaired) electrons. The molecule has 2 heteroatoms. The van der Waals surface area contributed by atoms with E-state index in [1.165, 1.54) is 33.4 Å². The molecule has 128 valence electrons. The fourth-order valence-electron chi connectivity index (χ4n) is 5.04. The van der Waals surface area contributed by atoms with E-state index in [2.05, 4.69) is 97.1 Å². The molecule has 1 nitrogen and oxygen atoms in total. The van der Waals surface area contributed by atoms with Gasteiger partial charge in [0.15, 0.2) is 0 Å². The third-order valence-electron chi connectivity index (χ3n) is 6.02. The molecule has 27 heavy (non-hydrogen) atoms. The first kappa shape index (κ1) is 15.1. The predicted molar refractivity (Wildman–Crippen MR) is 115 cm³/mol. The number of anilines is 2. The molecule has 0 fully saturated rings. The Labute approximate surface area is 164 Å². The number of hydrogen-bond donors (Lipinski definition) is 1. The Hall–Kier alpha value is -2.97. The van der Waals surface area contributed by atoms with Gasteiger partial charge in [-0.25, -0.2) is 0 Å². The van der Waals surface area contributed by atoms with Crippen LogP contribution in [-0.4, -0.2) is 0 Å². The van der Waals surface area contributed by atoms with E-state index < -0.39 is 0 Å². The lowest BCUT2D eigenvalue weighted by atomic mass is 9.65. The molecule has 0 bridgehead atoms. The van der Waals surface area contributed by atoms with Crippen molar-refractivity contribution in [1.82, 2.24) is 0 Å². The summed E-state index contributed by atoms with van der Waals surface area (Å²) in [5.41, 5.74) is 9.92. The molecule has 1 aliphatic carbocycles. The van der Waals surface area contributed by atoms with Gasteiger partial charge in [-0.1, -0.05) is 97.7 Å². The second-order valence-electron chi connectivity index (χ2n) is 7.19. The maximum atomic E-state index is 4.87. The Balaban J connectivity index is 1.87. The lowest BCUT2D eigenvalue weighted by Crippen LogP contribution is -2.34. The van der Waals surface area contributed by atoms with Crippen molar-refractivity contribution >= 4 is 24.2 Å². The van der Waals surface area contributed by atoms with Crippen LogP contribution in [0.3, 0.4) is 0 Å². The second-order valence-corrected chi connectivity index (χ2v) is 7.59. The summed E-state index contributed by atoms with van der Waals surface area (Å²) < 4.78 is 2.03. The number of thiol groups is 1. The number of benzene rings is 4. The smallest absolute Gasteiger partial charge is 0.0754 e. The van der Waals surface area contributed by atoms with Gasteiger partial charge >= 0.3 is 0 Å². The van der Waals surface area contributed by atoms with Gasteiger partial charge in [-0.3, -0.25) is 4.31 Å². The summed E-state index contributed by atoms with van der Waals surface area (Å²) in [5.74, 6) is 0. The van der Waals surface area contributed by atoms with Crippen molar-refractivity contribution in [3.63, 3.8) is 0 Å². The first-order valence-corrected chi connectivity index (χ1v) is 9.61. The SMILES string of the molecule is SN1c2ccccc2C2(c3ccccc3-c3ccccc32)c2ccccc21. The van der Waals surface area contributed by atoms with Crippen LogP contribution in [0.25, 0.3) is 11.1 Å². The zero-order valence-corrected chi connectivity index (χ0v) is 15.5. The second kappa shape index (κ2) is 5.28. The van der Waals surface area contributed by atoms with Gasteiger partial charge in [0, 0.05) is 0 Å². The first-order chi connectivity index (χ1) is 13.3. The molecule has 0 saturated heterocycles. The molecule has 0 atom stereocenters. The van der Waals surface area contributed by atoms with Crippen molar-refractivity contribution in [3.8, 4) is 11.1 Å². The number of fused-ring (bicyclic) bond motifs is 9. The zero-order valence-electron chi connectivity index (χ0n) is 14.6. The van der Waals surface area contributed by atoms with Gasteiger partial charge in [-0.15, -0.1) is 0 Å². The Kier molecular flexibility index (Phi) is 2.95. The van der Waals surface area contributed by atoms with Gasteiger partial charge in [0.1, 0.15) is 0 Å². The minimum absolute atomic E-state index is 0.306. The van der Waals surface area contributed by atoms with Crippen molar-refractivity contribution in [2.24, 2.45) is 0 Å². The lowest BCUT2D eigenvalue weighted by molar-refractivity contribution is 0.758. The first-order valence-electron chi connectivity index (χ1n) is 9.21. The molecular formula is C25H17NS. The fraction of sp³-hybridized carbons (Fsp3) is 0.0400. The van der Waals surface area contributed by atoms with E-state index in [1.54, 1.807) is 0 Å². The minimum Gasteiger partial charge on any atom is -0.287 e. The van der Waals surface area contributed by atoms with Crippen LogP contribution in [-0.2, 0) is 5.41 Å². The average molecular weight is 363 g/mol. The third kappa shape index (κ3) is 1.72. The van der Waals surface area contributed by atoms with E-state index in [1.807, 2.05) is 4.31 Å². The largest absolute Gasteiger partial charge is 0.287 e. The lowest BCUT2D eigenvalue weighted by Gasteiger charge is -2.43. The molecule has 0 N–H and O–H groups in total. The molecule has 0 saturated carbocycles. The quantitative estimate of drug-likeness (QED) is 0.314. The third-order valence-corrected chi connectivity index (χ3v) is 6.46. The van der Waals surface area contributed by atoms with Gasteiger partial charge in [-0.2, -0.15) is 0 Å². The van der Waals surface area contributed by atoms with Crippen molar-refractivity contribution in [3.05, 3.63) is 119 Å². The van der Waals surface area contributed by atoms with Gasteiger partial charge in [0.25, 0.3) is 0 Å². The highest BCUT2D eigenvalue weighted by Gasteiger charge is 2.50. The summed E-state index contributed by atoms with van der Waals surface area (Å²) in [6.45, 7) is 0. The Morgan fingerprint density at radius 2 is 0.852 bits per heavy atom. The molecule has 4 aromatic rings. The van der Waals surface area contributed by atoms with Crippen molar-refractivity contribution in [2.45, 2.75) is 5.41 Å². The Bertz CT molecular complexity index is 1120. The average Bonchev–Trinajstić information content (AvgIpc) is 3.04. The van der Waals surface area contributed by atoms with Crippen LogP contribution >= 0.6 is 12.8 Å². The molecular weight excluding hydrogens is 346 g/mol. The summed E-state index contributed by atoms with van der Waals surface area (Å²) in [7, 11) is 0. The molecule has 2 aliphatic rings. The Morgan fingerprint density at radius 3 is 1.33 bits per heavy atom. The number of rotatable bonds is 0. The molecule has 0 aromatic heterocycles. The highest BCUT2D eigenvalue weighted by molar-refractivity contribution is 7.82. The molecule has 6 rings (SSSR count). The standard InChI is InChI=1S/C25H17NS/c27-26-23-15-7-5-13-21(23)25(22-14-6-8-16-24(22)26)19-11-3-1-9-17(19)18-10-2-4-12-20(18)25/h1-16,27H. The number of hydrogen-bond acceptors (Lipinski definition) is 2. The maximum Gasteiger partial charge on any atom is 0.0754 e. The van der Waals surface area contributed by atoms with Crippen LogP contribution in [0.15, 0.2) is 97.1 Å². The molecule has 0 unspecified atom stereocenters. The maximum absolute atomic E-state index is 4.87. The topological polar surface area (TPSA) is 3.24 Å². The van der Waals surface area contributed by atoms with Crippen molar-refractivity contribution in [2.75, 3.05) is 4.31 Å². The van der Waals surface area contributed by atoms with Crippen molar-refractivity contribution < 1.29 is 0 Å². The van der Waals surface area contributed by atoms with E-state index in [4.69, 9.17) is 12.8 Å². The summed E-state index contributed by atoms with van der Waals surface area (Å²) in [6, 6.07) is 35.0. The van der Waals surface area contributed by atoms with Gasteiger partial charge < -0.3 is 0 Å². The van der Waals surface area contributed by atoms with Crippen molar-refractivity contribution in [1.29, 1.82) is 0 Å². The van der Waals surface area contributed by atoms with Gasteiger partial charge in [0.2, 0.25) is 0 Å². The summed E-state index contributed by atoms with van der Waals surface area (Å²) in [5, 5.41) is 0. The summed E-state index contributed by atoms with van der Waals surface area (Å²) in [6.07, 6.45) is 0. The van der Waals surface area contributed by atoms with Crippen LogP contribution in [0.1, 0.15) is 22.3 Å². The molecule has 0 amide bonds. The normalized spacial score (nSPS) is 15.1. The van der Waals surface area contributed by atoms with E-state index in [9.17, 15) is 0 Å². The number of nitrogens with zero attached hydrogens (tertiary/aromatic N) is 1. The Morgan fingerprint density at radius 1 is 0.481 bits per heavy atom. The molecule has 4 aromatic carbocycles. The summed E-state index contributed by atoms with van der Waals surface area (Å²) >= 11 is 4.87. The van der Waals surface area contributed by atoms with E-state index in [-0.39, 0.29) is 5.41 Å². The van der Waals surface area contributed by atoms with E-state index in [0.29, 0.717) is 0 Å². The van der Waals surface area contributed by atoms with Crippen LogP contribution in [0, 0.1) is 0 Å². The minimum atomic E-state index is -0.306. The molecule has 1 aliphatic heterocycles. The van der Waals surface area contributed by atoms with Crippen LogP contribution in [0.2, 0.25) is 0 Å². The van der Waals surface area contributed by atoms with E-state index in [0.717, 1.165) is 11.4 Å².